The number of piperidine rings is 1. The van der Waals surface area contributed by atoms with Gasteiger partial charge in [-0.25, -0.2) is 0 Å². The molecule has 1 heterocycles. The smallest absolute Gasteiger partial charge is 0.0441 e. The summed E-state index contributed by atoms with van der Waals surface area (Å²) in [6.07, 6.45) is 4.23. The first kappa shape index (κ1) is 14.1. The van der Waals surface area contributed by atoms with E-state index in [2.05, 4.69) is 24.1 Å². The number of rotatable bonds is 5. The van der Waals surface area contributed by atoms with Gasteiger partial charge in [0, 0.05) is 40.9 Å². The van der Waals surface area contributed by atoms with E-state index in [0.29, 0.717) is 12.1 Å². The molecular weight excluding hydrogens is 220 g/mol. The third kappa shape index (κ3) is 4.15. The highest BCUT2D eigenvalue weighted by atomic mass is 32.2. The van der Waals surface area contributed by atoms with Gasteiger partial charge < -0.3 is 10.2 Å². The molecule has 1 rings (SSSR count). The highest BCUT2D eigenvalue weighted by Gasteiger charge is 2.24. The van der Waals surface area contributed by atoms with Crippen molar-refractivity contribution in [1.82, 2.24) is 10.2 Å². The molecule has 0 aromatic heterocycles. The van der Waals surface area contributed by atoms with Gasteiger partial charge in [-0.15, -0.1) is 0 Å². The van der Waals surface area contributed by atoms with Gasteiger partial charge in [0.25, 0.3) is 0 Å². The number of hydrogen-bond donors (Lipinski definition) is 1. The van der Waals surface area contributed by atoms with Crippen LogP contribution in [0.3, 0.4) is 0 Å². The van der Waals surface area contributed by atoms with Crippen LogP contribution >= 0.6 is 0 Å². The van der Waals surface area contributed by atoms with E-state index in [1.807, 2.05) is 6.92 Å². The minimum atomic E-state index is -0.705. The lowest BCUT2D eigenvalue weighted by Crippen LogP contribution is -2.48. The highest BCUT2D eigenvalue weighted by molar-refractivity contribution is 7.84. The van der Waals surface area contributed by atoms with Crippen LogP contribution in [-0.2, 0) is 10.8 Å². The van der Waals surface area contributed by atoms with Gasteiger partial charge in [-0.2, -0.15) is 0 Å². The minimum Gasteiger partial charge on any atom is -0.313 e. The monoisotopic (exact) mass is 246 g/mol. The third-order valence-electron chi connectivity index (χ3n) is 3.68. The lowest BCUT2D eigenvalue weighted by molar-refractivity contribution is 0.143. The summed E-state index contributed by atoms with van der Waals surface area (Å²) in [5.41, 5.74) is 0. The fourth-order valence-electron chi connectivity index (χ4n) is 2.33. The van der Waals surface area contributed by atoms with Gasteiger partial charge in [0.1, 0.15) is 0 Å². The van der Waals surface area contributed by atoms with Crippen LogP contribution < -0.4 is 5.32 Å². The maximum Gasteiger partial charge on any atom is 0.0441 e. The first-order valence-corrected chi connectivity index (χ1v) is 7.96. The van der Waals surface area contributed by atoms with Crippen LogP contribution in [0.15, 0.2) is 0 Å². The summed E-state index contributed by atoms with van der Waals surface area (Å²) >= 11 is 0. The Morgan fingerprint density at radius 3 is 2.75 bits per heavy atom. The molecule has 96 valence electrons. The van der Waals surface area contributed by atoms with Gasteiger partial charge in [0.2, 0.25) is 0 Å². The van der Waals surface area contributed by atoms with Crippen molar-refractivity contribution in [1.29, 1.82) is 0 Å². The van der Waals surface area contributed by atoms with Crippen LogP contribution in [0, 0.1) is 0 Å². The second-order valence-electron chi connectivity index (χ2n) is 4.92. The predicted molar refractivity (Wildman–Crippen MR) is 71.3 cm³/mol. The van der Waals surface area contributed by atoms with Gasteiger partial charge in [-0.1, -0.05) is 6.92 Å². The molecule has 3 nitrogen and oxygen atoms in total. The zero-order valence-corrected chi connectivity index (χ0v) is 11.8. The van der Waals surface area contributed by atoms with Crippen molar-refractivity contribution in [2.24, 2.45) is 0 Å². The second kappa shape index (κ2) is 6.72. The lowest BCUT2D eigenvalue weighted by Gasteiger charge is -2.37. The van der Waals surface area contributed by atoms with Crippen LogP contribution in [-0.4, -0.2) is 52.3 Å². The topological polar surface area (TPSA) is 32.3 Å². The molecule has 4 atom stereocenters. The van der Waals surface area contributed by atoms with E-state index < -0.39 is 10.8 Å². The van der Waals surface area contributed by atoms with E-state index in [1.54, 1.807) is 6.26 Å². The Bertz CT molecular complexity index is 235. The normalized spacial score (nSPS) is 31.2. The molecule has 4 heteroatoms. The lowest BCUT2D eigenvalue weighted by atomic mass is 9.98. The number of hydrogen-bond acceptors (Lipinski definition) is 3. The van der Waals surface area contributed by atoms with E-state index in [1.165, 1.54) is 19.4 Å². The second-order valence-corrected chi connectivity index (χ2v) is 6.72. The summed E-state index contributed by atoms with van der Waals surface area (Å²) < 4.78 is 11.2. The maximum absolute atomic E-state index is 11.2. The molecule has 0 bridgehead atoms. The summed E-state index contributed by atoms with van der Waals surface area (Å²) in [6, 6.07) is 1.29. The van der Waals surface area contributed by atoms with Crippen LogP contribution in [0.4, 0.5) is 0 Å². The number of nitrogens with zero attached hydrogens (tertiary/aromatic N) is 1. The molecule has 16 heavy (non-hydrogen) atoms. The molecule has 4 unspecified atom stereocenters. The molecule has 0 spiro atoms. The van der Waals surface area contributed by atoms with Crippen molar-refractivity contribution < 1.29 is 4.21 Å². The Hall–Kier alpha value is 0.0700. The van der Waals surface area contributed by atoms with Gasteiger partial charge in [-0.05, 0) is 39.8 Å². The standard InChI is InChI=1S/C12H26N2OS/c1-5-14-7-6-12(8-10(14)2)13-9-11(3)16(4)15/h10-13H,5-9H2,1-4H3. The van der Waals surface area contributed by atoms with Crippen molar-refractivity contribution in [2.75, 3.05) is 25.9 Å². The Morgan fingerprint density at radius 2 is 2.25 bits per heavy atom. The molecule has 1 aliphatic heterocycles. The zero-order valence-electron chi connectivity index (χ0n) is 11.0. The Labute approximate surface area is 102 Å². The average Bonchev–Trinajstić information content (AvgIpc) is 2.25. The first-order valence-electron chi connectivity index (χ1n) is 6.34. The molecule has 1 fully saturated rings. The van der Waals surface area contributed by atoms with Crippen molar-refractivity contribution in [3.63, 3.8) is 0 Å². The average molecular weight is 246 g/mol. The van der Waals surface area contributed by atoms with Crippen LogP contribution in [0.25, 0.3) is 0 Å². The molecule has 0 saturated carbocycles. The Kier molecular flexibility index (Phi) is 5.94. The molecule has 0 aliphatic carbocycles. The van der Waals surface area contributed by atoms with E-state index in [0.717, 1.165) is 13.1 Å². The van der Waals surface area contributed by atoms with Gasteiger partial charge in [0.05, 0.1) is 0 Å². The summed E-state index contributed by atoms with van der Waals surface area (Å²) in [5.74, 6) is 0. The highest BCUT2D eigenvalue weighted by Crippen LogP contribution is 2.16. The first-order chi connectivity index (χ1) is 7.54. The Morgan fingerprint density at radius 1 is 1.56 bits per heavy atom. The van der Waals surface area contributed by atoms with E-state index >= 15 is 0 Å². The minimum absolute atomic E-state index is 0.263. The summed E-state index contributed by atoms with van der Waals surface area (Å²) in [5, 5.41) is 3.82. The maximum atomic E-state index is 11.2. The quantitative estimate of drug-likeness (QED) is 0.791. The molecule has 0 aromatic rings. The molecule has 1 saturated heterocycles. The van der Waals surface area contributed by atoms with Crippen LogP contribution in [0.1, 0.15) is 33.6 Å². The SMILES string of the molecule is CCN1CCC(NCC(C)S(C)=O)CC1C. The summed E-state index contributed by atoms with van der Waals surface area (Å²) in [6.45, 7) is 9.81. The molecule has 0 amide bonds. The molecular formula is C12H26N2OS. The van der Waals surface area contributed by atoms with E-state index in [4.69, 9.17) is 0 Å². The predicted octanol–water partition coefficient (Wildman–Crippen LogP) is 1.22. The molecule has 1 N–H and O–H groups in total. The Balaban J connectivity index is 2.27. The molecule has 1 aliphatic rings. The van der Waals surface area contributed by atoms with Gasteiger partial charge >= 0.3 is 0 Å². The van der Waals surface area contributed by atoms with Crippen molar-refractivity contribution >= 4 is 10.8 Å². The zero-order chi connectivity index (χ0) is 12.1. The van der Waals surface area contributed by atoms with E-state index in [-0.39, 0.29) is 5.25 Å². The third-order valence-corrected chi connectivity index (χ3v) is 4.98. The van der Waals surface area contributed by atoms with Crippen LogP contribution in [0.5, 0.6) is 0 Å². The number of likely N-dealkylation sites (tertiary alicyclic amines) is 1. The van der Waals surface area contributed by atoms with Crippen molar-refractivity contribution in [3.05, 3.63) is 0 Å². The number of nitrogens with one attached hydrogen (secondary N) is 1. The van der Waals surface area contributed by atoms with E-state index in [9.17, 15) is 4.21 Å². The van der Waals surface area contributed by atoms with Crippen molar-refractivity contribution in [2.45, 2.75) is 50.9 Å². The van der Waals surface area contributed by atoms with Gasteiger partial charge in [0.15, 0.2) is 0 Å². The fraction of sp³-hybridized carbons (Fsp3) is 1.00. The summed E-state index contributed by atoms with van der Waals surface area (Å²) in [7, 11) is -0.705. The fourth-order valence-corrected chi connectivity index (χ4v) is 2.66. The van der Waals surface area contributed by atoms with Crippen molar-refractivity contribution in [3.8, 4) is 0 Å². The molecule has 0 aromatic carbocycles. The summed E-state index contributed by atoms with van der Waals surface area (Å²) in [4.78, 5) is 2.53. The van der Waals surface area contributed by atoms with Gasteiger partial charge in [-0.3, -0.25) is 4.21 Å². The largest absolute Gasteiger partial charge is 0.313 e. The van der Waals surface area contributed by atoms with Crippen LogP contribution in [0.2, 0.25) is 0 Å². The molecule has 0 radical (unpaired) electrons.